The number of rotatable bonds is 5. The van der Waals surface area contributed by atoms with Crippen LogP contribution in [0, 0.1) is 12.8 Å². The van der Waals surface area contributed by atoms with Gasteiger partial charge in [-0.3, -0.25) is 9.59 Å². The quantitative estimate of drug-likeness (QED) is 0.679. The number of carbonyl (C=O) groups is 2. The van der Waals surface area contributed by atoms with Gasteiger partial charge in [-0.2, -0.15) is 0 Å². The molecule has 1 aliphatic heterocycles. The molecule has 1 aliphatic rings. The summed E-state index contributed by atoms with van der Waals surface area (Å²) in [4.78, 5) is 31.4. The molecular formula is C18H25ClN4O2S2. The number of aromatic nitrogens is 1. The second-order valence-corrected chi connectivity index (χ2v) is 9.04. The van der Waals surface area contributed by atoms with Gasteiger partial charge in [-0.1, -0.05) is 0 Å². The first-order valence-electron chi connectivity index (χ1n) is 8.77. The summed E-state index contributed by atoms with van der Waals surface area (Å²) in [5.41, 5.74) is 0.906. The fourth-order valence-corrected chi connectivity index (χ4v) is 4.96. The molecule has 2 amide bonds. The maximum absolute atomic E-state index is 12.5. The molecule has 0 aromatic carbocycles. The highest BCUT2D eigenvalue weighted by Gasteiger charge is 2.25. The summed E-state index contributed by atoms with van der Waals surface area (Å²) >= 11 is 3.12. The van der Waals surface area contributed by atoms with Crippen LogP contribution in [0.2, 0.25) is 0 Å². The summed E-state index contributed by atoms with van der Waals surface area (Å²) in [6, 6.07) is 4.40. The molecule has 3 heterocycles. The number of nitrogens with one attached hydrogen (secondary N) is 3. The van der Waals surface area contributed by atoms with Crippen LogP contribution in [0.15, 0.2) is 12.1 Å². The van der Waals surface area contributed by atoms with Gasteiger partial charge in [-0.05, 0) is 45.4 Å². The fourth-order valence-electron chi connectivity index (χ4n) is 3.07. The van der Waals surface area contributed by atoms with Crippen molar-refractivity contribution in [1.29, 1.82) is 0 Å². The monoisotopic (exact) mass is 428 g/mol. The summed E-state index contributed by atoms with van der Waals surface area (Å²) in [6.07, 6.45) is 1.73. The lowest BCUT2D eigenvalue weighted by molar-refractivity contribution is -0.121. The Morgan fingerprint density at radius 1 is 1.33 bits per heavy atom. The van der Waals surface area contributed by atoms with Gasteiger partial charge in [0.25, 0.3) is 0 Å². The molecule has 2 aromatic rings. The highest BCUT2D eigenvalue weighted by Crippen LogP contribution is 2.35. The Bertz CT molecular complexity index is 805. The average Bonchev–Trinajstić information content (AvgIpc) is 3.19. The van der Waals surface area contributed by atoms with Crippen molar-refractivity contribution in [3.63, 3.8) is 0 Å². The van der Waals surface area contributed by atoms with E-state index < -0.39 is 0 Å². The van der Waals surface area contributed by atoms with E-state index in [9.17, 15) is 9.59 Å². The number of aryl methyl sites for hydroxylation is 1. The summed E-state index contributed by atoms with van der Waals surface area (Å²) in [6.45, 7) is 7.05. The molecule has 3 N–H and O–H groups in total. The average molecular weight is 429 g/mol. The molecule has 0 saturated carbocycles. The van der Waals surface area contributed by atoms with Crippen LogP contribution in [-0.2, 0) is 16.1 Å². The van der Waals surface area contributed by atoms with Gasteiger partial charge >= 0.3 is 0 Å². The zero-order chi connectivity index (χ0) is 18.7. The maximum Gasteiger partial charge on any atom is 0.229 e. The topological polar surface area (TPSA) is 83.1 Å². The Hall–Kier alpha value is -1.48. The van der Waals surface area contributed by atoms with Gasteiger partial charge < -0.3 is 16.0 Å². The Balaban J connectivity index is 0.00000261. The minimum atomic E-state index is -0.0398. The van der Waals surface area contributed by atoms with Gasteiger partial charge in [0.2, 0.25) is 11.8 Å². The lowest BCUT2D eigenvalue weighted by Crippen LogP contribution is -2.40. The number of halogens is 1. The molecule has 6 nitrogen and oxygen atoms in total. The van der Waals surface area contributed by atoms with E-state index in [0.717, 1.165) is 39.7 Å². The third-order valence-corrected chi connectivity index (χ3v) is 6.41. The van der Waals surface area contributed by atoms with Crippen molar-refractivity contribution in [2.24, 2.45) is 5.92 Å². The minimum Gasteiger partial charge on any atom is -0.351 e. The van der Waals surface area contributed by atoms with E-state index in [-0.39, 0.29) is 30.1 Å². The van der Waals surface area contributed by atoms with Crippen LogP contribution in [-0.4, -0.2) is 29.4 Å². The number of hydrogen-bond donors (Lipinski definition) is 3. The van der Waals surface area contributed by atoms with Crippen LogP contribution < -0.4 is 16.0 Å². The fraction of sp³-hybridized carbons (Fsp3) is 0.500. The molecule has 3 rings (SSSR count). The summed E-state index contributed by atoms with van der Waals surface area (Å²) in [7, 11) is 0. The predicted octanol–water partition coefficient (Wildman–Crippen LogP) is 3.56. The molecule has 1 saturated heterocycles. The van der Waals surface area contributed by atoms with E-state index in [1.54, 1.807) is 11.3 Å². The molecule has 0 unspecified atom stereocenters. The van der Waals surface area contributed by atoms with E-state index in [2.05, 4.69) is 27.9 Å². The Morgan fingerprint density at radius 2 is 2.11 bits per heavy atom. The van der Waals surface area contributed by atoms with Gasteiger partial charge in [0, 0.05) is 28.6 Å². The van der Waals surface area contributed by atoms with Crippen LogP contribution in [0.4, 0.5) is 5.13 Å². The Kier molecular flexibility index (Phi) is 7.79. The second kappa shape index (κ2) is 9.64. The number of nitrogens with zero attached hydrogens (tertiary/aromatic N) is 1. The first-order chi connectivity index (χ1) is 12.4. The van der Waals surface area contributed by atoms with Crippen LogP contribution in [0.3, 0.4) is 0 Å². The predicted molar refractivity (Wildman–Crippen MR) is 114 cm³/mol. The van der Waals surface area contributed by atoms with Gasteiger partial charge in [0.1, 0.15) is 0 Å². The summed E-state index contributed by atoms with van der Waals surface area (Å²) in [5, 5.41) is 9.83. The highest BCUT2D eigenvalue weighted by molar-refractivity contribution is 7.18. The zero-order valence-corrected chi connectivity index (χ0v) is 18.1. The van der Waals surface area contributed by atoms with Gasteiger partial charge in [-0.25, -0.2) is 4.98 Å². The third-order valence-electron chi connectivity index (χ3n) is 4.43. The van der Waals surface area contributed by atoms with E-state index >= 15 is 0 Å². The highest BCUT2D eigenvalue weighted by atomic mass is 35.5. The number of thiophene rings is 1. The number of thiazole rings is 1. The largest absolute Gasteiger partial charge is 0.351 e. The number of amides is 2. The molecule has 0 radical (unpaired) electrons. The van der Waals surface area contributed by atoms with Crippen molar-refractivity contribution in [3.05, 3.63) is 21.9 Å². The van der Waals surface area contributed by atoms with E-state index in [0.29, 0.717) is 17.7 Å². The first-order valence-corrected chi connectivity index (χ1v) is 10.4. The lowest BCUT2D eigenvalue weighted by Gasteiger charge is -2.26. The standard InChI is InChI=1S/C18H24N4O2S2.ClH/c1-10-8-13(6-7-19-10)17(24)22-18-21-16(11(2)25-18)15-5-4-14(26-15)9-20-12(3)23;/h4-5,10,13,19H,6-9H2,1-3H3,(H,20,23)(H,21,22,24);1H/t10-,13-;/m0./s1. The molecule has 1 fully saturated rings. The van der Waals surface area contributed by atoms with Crippen molar-refractivity contribution >= 4 is 52.0 Å². The summed E-state index contributed by atoms with van der Waals surface area (Å²) in [5.74, 6) is 0.0723. The molecule has 148 valence electrons. The van der Waals surface area contributed by atoms with Crippen molar-refractivity contribution < 1.29 is 9.59 Å². The maximum atomic E-state index is 12.5. The van der Waals surface area contributed by atoms with Crippen LogP contribution >= 0.6 is 35.1 Å². The lowest BCUT2D eigenvalue weighted by atomic mass is 9.92. The summed E-state index contributed by atoms with van der Waals surface area (Å²) < 4.78 is 0. The molecule has 0 bridgehead atoms. The Morgan fingerprint density at radius 3 is 2.81 bits per heavy atom. The second-order valence-electron chi connectivity index (χ2n) is 6.67. The smallest absolute Gasteiger partial charge is 0.229 e. The van der Waals surface area contributed by atoms with Crippen LogP contribution in [0.1, 0.15) is 36.4 Å². The molecule has 0 aliphatic carbocycles. The van der Waals surface area contributed by atoms with E-state index in [4.69, 9.17) is 0 Å². The minimum absolute atomic E-state index is 0. The van der Waals surface area contributed by atoms with Crippen molar-refractivity contribution in [2.45, 2.75) is 46.2 Å². The number of anilines is 1. The molecule has 2 aromatic heterocycles. The normalized spacial score (nSPS) is 19.2. The van der Waals surface area contributed by atoms with Gasteiger partial charge in [0.05, 0.1) is 17.1 Å². The molecular weight excluding hydrogens is 404 g/mol. The first kappa shape index (κ1) is 21.8. The SMILES string of the molecule is CC(=O)NCc1ccc(-c2nc(NC(=O)[C@H]3CCN[C@@H](C)C3)sc2C)s1.Cl. The molecule has 27 heavy (non-hydrogen) atoms. The number of hydrogen-bond acceptors (Lipinski definition) is 6. The number of carbonyl (C=O) groups excluding carboxylic acids is 2. The van der Waals surface area contributed by atoms with Crippen molar-refractivity contribution in [2.75, 3.05) is 11.9 Å². The zero-order valence-electron chi connectivity index (χ0n) is 15.6. The molecule has 2 atom stereocenters. The van der Waals surface area contributed by atoms with Crippen molar-refractivity contribution in [3.8, 4) is 10.6 Å². The van der Waals surface area contributed by atoms with Gasteiger partial charge in [-0.15, -0.1) is 35.1 Å². The van der Waals surface area contributed by atoms with Crippen LogP contribution in [0.5, 0.6) is 0 Å². The number of piperidine rings is 1. The van der Waals surface area contributed by atoms with E-state index in [1.165, 1.54) is 18.3 Å². The van der Waals surface area contributed by atoms with Crippen LogP contribution in [0.25, 0.3) is 10.6 Å². The van der Waals surface area contributed by atoms with Gasteiger partial charge in [0.15, 0.2) is 5.13 Å². The van der Waals surface area contributed by atoms with E-state index in [1.807, 2.05) is 19.1 Å². The molecule has 9 heteroatoms. The third kappa shape index (κ3) is 5.75. The van der Waals surface area contributed by atoms with Crippen molar-refractivity contribution in [1.82, 2.24) is 15.6 Å². The Labute approximate surface area is 173 Å². The molecule has 0 spiro atoms.